The maximum Gasteiger partial charge on any atom is 0.234 e. The van der Waals surface area contributed by atoms with Crippen LogP contribution in [0.15, 0.2) is 29.3 Å². The van der Waals surface area contributed by atoms with Gasteiger partial charge in [-0.25, -0.2) is 9.97 Å². The average molecular weight is 402 g/mol. The number of methoxy groups -OCH3 is 1. The third-order valence-corrected chi connectivity index (χ3v) is 6.32. The van der Waals surface area contributed by atoms with E-state index in [2.05, 4.69) is 33.0 Å². The number of rotatable bonds is 6. The molecule has 0 unspecified atom stereocenters. The summed E-state index contributed by atoms with van der Waals surface area (Å²) in [6, 6.07) is 7.30. The zero-order valence-corrected chi connectivity index (χ0v) is 17.8. The minimum absolute atomic E-state index is 0.0624. The van der Waals surface area contributed by atoms with Crippen LogP contribution >= 0.6 is 23.1 Å². The number of nitrogens with zero attached hydrogens (tertiary/aromatic N) is 2. The molecule has 7 heteroatoms. The summed E-state index contributed by atoms with van der Waals surface area (Å²) < 4.78 is 5.13. The van der Waals surface area contributed by atoms with Crippen molar-refractivity contribution < 1.29 is 9.53 Å². The molecule has 2 aromatic heterocycles. The highest BCUT2D eigenvalue weighted by Gasteiger charge is 2.17. The van der Waals surface area contributed by atoms with E-state index in [0.29, 0.717) is 5.75 Å². The first-order valence-corrected chi connectivity index (χ1v) is 10.5. The first kappa shape index (κ1) is 19.6. The van der Waals surface area contributed by atoms with E-state index in [1.165, 1.54) is 22.2 Å². The number of thioether (sulfide) groups is 1. The highest BCUT2D eigenvalue weighted by atomic mass is 32.2. The predicted octanol–water partition coefficient (Wildman–Crippen LogP) is 5.17. The van der Waals surface area contributed by atoms with Crippen molar-refractivity contribution in [3.63, 3.8) is 0 Å². The molecule has 27 heavy (non-hydrogen) atoms. The van der Waals surface area contributed by atoms with Crippen molar-refractivity contribution in [1.82, 2.24) is 9.97 Å². The zero-order chi connectivity index (χ0) is 19.6. The highest BCUT2D eigenvalue weighted by molar-refractivity contribution is 8.00. The lowest BCUT2D eigenvalue weighted by atomic mass is 10.2. The quantitative estimate of drug-likeness (QED) is 0.456. The summed E-state index contributed by atoms with van der Waals surface area (Å²) in [7, 11) is 1.62. The Morgan fingerprint density at radius 1 is 1.22 bits per heavy atom. The lowest BCUT2D eigenvalue weighted by Gasteiger charge is -2.09. The number of thiophene rings is 1. The summed E-state index contributed by atoms with van der Waals surface area (Å²) in [5.74, 6) is 2.05. The monoisotopic (exact) mass is 401 g/mol. The van der Waals surface area contributed by atoms with Crippen molar-refractivity contribution in [2.45, 2.75) is 38.6 Å². The van der Waals surface area contributed by atoms with E-state index in [-0.39, 0.29) is 11.8 Å². The van der Waals surface area contributed by atoms with Gasteiger partial charge in [-0.1, -0.05) is 25.6 Å². The molecular formula is C20H23N3O2S2. The van der Waals surface area contributed by atoms with Gasteiger partial charge >= 0.3 is 0 Å². The van der Waals surface area contributed by atoms with Crippen LogP contribution in [-0.2, 0) is 4.79 Å². The van der Waals surface area contributed by atoms with Crippen LogP contribution < -0.4 is 10.1 Å². The summed E-state index contributed by atoms with van der Waals surface area (Å²) in [4.78, 5) is 24.1. The van der Waals surface area contributed by atoms with Gasteiger partial charge in [0.25, 0.3) is 0 Å². The molecule has 1 amide bonds. The molecule has 1 N–H and O–H groups in total. The molecule has 0 fully saturated rings. The number of aromatic nitrogens is 2. The summed E-state index contributed by atoms with van der Waals surface area (Å²) in [6.45, 7) is 8.36. The standard InChI is InChI=1S/C20H23N3O2S2/c1-11(2)18-22-19(17-12(3)13(4)27-20(17)23-18)26-10-16(24)21-14-6-8-15(25-5)9-7-14/h6-9,11H,10H2,1-5H3,(H,21,24). The molecule has 0 aliphatic heterocycles. The normalized spacial score (nSPS) is 11.2. The fourth-order valence-electron chi connectivity index (χ4n) is 2.60. The summed E-state index contributed by atoms with van der Waals surface area (Å²) in [5, 5.41) is 4.87. The molecule has 0 saturated carbocycles. The third kappa shape index (κ3) is 4.42. The molecule has 0 radical (unpaired) electrons. The molecule has 0 aliphatic rings. The topological polar surface area (TPSA) is 64.1 Å². The van der Waals surface area contributed by atoms with E-state index in [4.69, 9.17) is 14.7 Å². The second kappa shape index (κ2) is 8.27. The molecule has 2 heterocycles. The van der Waals surface area contributed by atoms with Gasteiger partial charge in [0.1, 0.15) is 21.4 Å². The molecule has 0 atom stereocenters. The van der Waals surface area contributed by atoms with Gasteiger partial charge in [-0.3, -0.25) is 4.79 Å². The minimum Gasteiger partial charge on any atom is -0.497 e. The lowest BCUT2D eigenvalue weighted by Crippen LogP contribution is -2.14. The van der Waals surface area contributed by atoms with Gasteiger partial charge in [0.2, 0.25) is 5.91 Å². The van der Waals surface area contributed by atoms with Crippen LogP contribution in [0.5, 0.6) is 5.75 Å². The van der Waals surface area contributed by atoms with Crippen molar-refractivity contribution in [3.8, 4) is 5.75 Å². The maximum absolute atomic E-state index is 12.4. The average Bonchev–Trinajstić information content (AvgIpc) is 2.94. The molecule has 0 aliphatic carbocycles. The summed E-state index contributed by atoms with van der Waals surface area (Å²) in [5.41, 5.74) is 1.95. The predicted molar refractivity (Wildman–Crippen MR) is 113 cm³/mol. The maximum atomic E-state index is 12.4. The Balaban J connectivity index is 1.77. The van der Waals surface area contributed by atoms with Crippen LogP contribution in [-0.4, -0.2) is 28.7 Å². The van der Waals surface area contributed by atoms with Crippen LogP contribution in [0.3, 0.4) is 0 Å². The molecule has 5 nitrogen and oxygen atoms in total. The number of hydrogen-bond acceptors (Lipinski definition) is 6. The molecule has 142 valence electrons. The highest BCUT2D eigenvalue weighted by Crippen LogP contribution is 2.36. The Morgan fingerprint density at radius 3 is 2.56 bits per heavy atom. The number of aryl methyl sites for hydroxylation is 2. The van der Waals surface area contributed by atoms with Gasteiger partial charge < -0.3 is 10.1 Å². The molecule has 3 aromatic rings. The van der Waals surface area contributed by atoms with Crippen molar-refractivity contribution in [2.24, 2.45) is 0 Å². The van der Waals surface area contributed by atoms with Crippen LogP contribution in [0.25, 0.3) is 10.2 Å². The Bertz CT molecular complexity index is 966. The van der Waals surface area contributed by atoms with Crippen molar-refractivity contribution in [1.29, 1.82) is 0 Å². The largest absolute Gasteiger partial charge is 0.497 e. The zero-order valence-electron chi connectivity index (χ0n) is 16.1. The van der Waals surface area contributed by atoms with Gasteiger partial charge in [-0.2, -0.15) is 0 Å². The number of amides is 1. The van der Waals surface area contributed by atoms with E-state index in [1.54, 1.807) is 18.4 Å². The number of anilines is 1. The Morgan fingerprint density at radius 2 is 1.93 bits per heavy atom. The van der Waals surface area contributed by atoms with Crippen LogP contribution in [0.4, 0.5) is 5.69 Å². The van der Waals surface area contributed by atoms with E-state index < -0.39 is 0 Å². The van der Waals surface area contributed by atoms with Gasteiger partial charge in [-0.05, 0) is 43.7 Å². The van der Waals surface area contributed by atoms with E-state index in [9.17, 15) is 4.79 Å². The van der Waals surface area contributed by atoms with Crippen molar-refractivity contribution in [3.05, 3.63) is 40.5 Å². The Labute approximate surface area is 167 Å². The van der Waals surface area contributed by atoms with Crippen molar-refractivity contribution in [2.75, 3.05) is 18.2 Å². The number of nitrogens with one attached hydrogen (secondary N) is 1. The van der Waals surface area contributed by atoms with Gasteiger partial charge in [0.15, 0.2) is 0 Å². The Hall–Kier alpha value is -2.12. The lowest BCUT2D eigenvalue weighted by molar-refractivity contribution is -0.113. The number of hydrogen-bond donors (Lipinski definition) is 1. The number of carbonyl (C=O) groups is 1. The summed E-state index contributed by atoms with van der Waals surface area (Å²) in [6.07, 6.45) is 0. The first-order valence-electron chi connectivity index (χ1n) is 8.73. The fraction of sp³-hybridized carbons (Fsp3) is 0.350. The van der Waals surface area contributed by atoms with Crippen molar-refractivity contribution >= 4 is 44.9 Å². The number of ether oxygens (including phenoxy) is 1. The van der Waals surface area contributed by atoms with Gasteiger partial charge in [0.05, 0.1) is 12.9 Å². The van der Waals surface area contributed by atoms with Crippen LogP contribution in [0, 0.1) is 13.8 Å². The minimum atomic E-state index is -0.0624. The summed E-state index contributed by atoms with van der Waals surface area (Å²) >= 11 is 3.15. The molecule has 0 saturated heterocycles. The first-order chi connectivity index (χ1) is 12.9. The SMILES string of the molecule is COc1ccc(NC(=O)CSc2nc(C(C)C)nc3sc(C)c(C)c23)cc1. The van der Waals surface area contributed by atoms with E-state index in [0.717, 1.165) is 32.5 Å². The molecule has 1 aromatic carbocycles. The molecular weight excluding hydrogens is 378 g/mol. The fourth-order valence-corrected chi connectivity index (χ4v) is 4.59. The second-order valence-electron chi connectivity index (χ2n) is 6.57. The van der Waals surface area contributed by atoms with Crippen LogP contribution in [0.1, 0.15) is 36.0 Å². The second-order valence-corrected chi connectivity index (χ2v) is 8.74. The number of carbonyl (C=O) groups excluding carboxylic acids is 1. The Kier molecular flexibility index (Phi) is 6.01. The molecule has 3 rings (SSSR count). The molecule has 0 spiro atoms. The number of benzene rings is 1. The van der Waals surface area contributed by atoms with E-state index >= 15 is 0 Å². The third-order valence-electron chi connectivity index (χ3n) is 4.24. The smallest absolute Gasteiger partial charge is 0.234 e. The number of fused-ring (bicyclic) bond motifs is 1. The molecule has 0 bridgehead atoms. The van der Waals surface area contributed by atoms with Gasteiger partial charge in [-0.15, -0.1) is 11.3 Å². The van der Waals surface area contributed by atoms with Gasteiger partial charge in [0, 0.05) is 21.9 Å². The van der Waals surface area contributed by atoms with Crippen LogP contribution in [0.2, 0.25) is 0 Å². The van der Waals surface area contributed by atoms with E-state index in [1.807, 2.05) is 24.3 Å².